The van der Waals surface area contributed by atoms with Crippen molar-refractivity contribution in [1.82, 2.24) is 14.8 Å². The van der Waals surface area contributed by atoms with Crippen molar-refractivity contribution < 1.29 is 0 Å². The van der Waals surface area contributed by atoms with Crippen LogP contribution in [0.1, 0.15) is 12.5 Å². The maximum atomic E-state index is 5.67. The number of hydrogen-bond acceptors (Lipinski definition) is 3. The van der Waals surface area contributed by atoms with Crippen LogP contribution in [0.3, 0.4) is 0 Å². The molecule has 0 aromatic carbocycles. The Morgan fingerprint density at radius 1 is 1.47 bits per heavy atom. The summed E-state index contributed by atoms with van der Waals surface area (Å²) in [6, 6.07) is 3.89. The molecule has 0 saturated heterocycles. The minimum Gasteiger partial charge on any atom is -0.397 e. The molecule has 2 rings (SSSR count). The Kier molecular flexibility index (Phi) is 2.41. The molecule has 0 spiro atoms. The zero-order valence-electron chi connectivity index (χ0n) is 8.94. The van der Waals surface area contributed by atoms with E-state index in [4.69, 9.17) is 5.73 Å². The lowest BCUT2D eigenvalue weighted by molar-refractivity contribution is 0.665. The van der Waals surface area contributed by atoms with Gasteiger partial charge in [0, 0.05) is 12.7 Å². The van der Waals surface area contributed by atoms with Crippen LogP contribution in [0.5, 0.6) is 0 Å². The van der Waals surface area contributed by atoms with Gasteiger partial charge in [0.1, 0.15) is 0 Å². The second kappa shape index (κ2) is 3.73. The first kappa shape index (κ1) is 9.71. The van der Waals surface area contributed by atoms with Gasteiger partial charge < -0.3 is 5.73 Å². The standard InChI is InChI=1S/C11H14N4/c1-3-15-10(4-5-14-15)11-8(2)6-9(12)7-13-11/h4-7H,3,12H2,1-2H3. The third kappa shape index (κ3) is 1.70. The van der Waals surface area contributed by atoms with Gasteiger partial charge in [-0.3, -0.25) is 9.67 Å². The van der Waals surface area contributed by atoms with Crippen LogP contribution in [-0.4, -0.2) is 14.8 Å². The largest absolute Gasteiger partial charge is 0.397 e. The van der Waals surface area contributed by atoms with Crippen molar-refractivity contribution in [2.75, 3.05) is 5.73 Å². The second-order valence-corrected chi connectivity index (χ2v) is 3.47. The molecule has 4 heteroatoms. The molecular formula is C11H14N4. The quantitative estimate of drug-likeness (QED) is 0.808. The molecule has 2 heterocycles. The Hall–Kier alpha value is -1.84. The second-order valence-electron chi connectivity index (χ2n) is 3.47. The molecule has 0 aliphatic rings. The SMILES string of the molecule is CCn1nccc1-c1ncc(N)cc1C. The van der Waals surface area contributed by atoms with Crippen molar-refractivity contribution in [2.45, 2.75) is 20.4 Å². The van der Waals surface area contributed by atoms with Crippen LogP contribution in [-0.2, 0) is 6.54 Å². The van der Waals surface area contributed by atoms with E-state index in [2.05, 4.69) is 17.0 Å². The molecule has 2 N–H and O–H groups in total. The molecule has 0 atom stereocenters. The number of anilines is 1. The number of rotatable bonds is 2. The highest BCUT2D eigenvalue weighted by Gasteiger charge is 2.08. The van der Waals surface area contributed by atoms with Gasteiger partial charge in [-0.15, -0.1) is 0 Å². The Bertz CT molecular complexity index is 473. The van der Waals surface area contributed by atoms with Crippen LogP contribution >= 0.6 is 0 Å². The van der Waals surface area contributed by atoms with Crippen LogP contribution in [0, 0.1) is 6.92 Å². The van der Waals surface area contributed by atoms with Crippen molar-refractivity contribution in [3.05, 3.63) is 30.1 Å². The summed E-state index contributed by atoms with van der Waals surface area (Å²) in [6.45, 7) is 4.91. The Morgan fingerprint density at radius 3 is 2.93 bits per heavy atom. The summed E-state index contributed by atoms with van der Waals surface area (Å²) in [7, 11) is 0. The molecule has 0 unspecified atom stereocenters. The van der Waals surface area contributed by atoms with Gasteiger partial charge >= 0.3 is 0 Å². The summed E-state index contributed by atoms with van der Waals surface area (Å²) >= 11 is 0. The van der Waals surface area contributed by atoms with E-state index in [1.165, 1.54) is 0 Å². The average Bonchev–Trinajstić information content (AvgIpc) is 2.65. The average molecular weight is 202 g/mol. The van der Waals surface area contributed by atoms with E-state index < -0.39 is 0 Å². The molecule has 2 aromatic rings. The van der Waals surface area contributed by atoms with Crippen LogP contribution < -0.4 is 5.73 Å². The highest BCUT2D eigenvalue weighted by Crippen LogP contribution is 2.21. The van der Waals surface area contributed by atoms with Crippen LogP contribution in [0.15, 0.2) is 24.5 Å². The first-order chi connectivity index (χ1) is 7.22. The number of nitrogen functional groups attached to an aromatic ring is 1. The first-order valence-corrected chi connectivity index (χ1v) is 4.96. The lowest BCUT2D eigenvalue weighted by atomic mass is 10.1. The number of nitrogens with two attached hydrogens (primary N) is 1. The summed E-state index contributed by atoms with van der Waals surface area (Å²) in [6.07, 6.45) is 3.46. The zero-order valence-corrected chi connectivity index (χ0v) is 8.94. The van der Waals surface area contributed by atoms with Gasteiger partial charge in [-0.1, -0.05) is 0 Å². The predicted octanol–water partition coefficient (Wildman–Crippen LogP) is 1.86. The summed E-state index contributed by atoms with van der Waals surface area (Å²) in [5, 5.41) is 4.22. The van der Waals surface area contributed by atoms with Gasteiger partial charge in [-0.25, -0.2) is 0 Å². The molecule has 15 heavy (non-hydrogen) atoms. The fourth-order valence-electron chi connectivity index (χ4n) is 1.65. The Morgan fingerprint density at radius 2 is 2.27 bits per heavy atom. The highest BCUT2D eigenvalue weighted by molar-refractivity contribution is 5.61. The number of hydrogen-bond donors (Lipinski definition) is 1. The van der Waals surface area contributed by atoms with E-state index in [9.17, 15) is 0 Å². The smallest absolute Gasteiger partial charge is 0.0913 e. The van der Waals surface area contributed by atoms with Gasteiger partial charge in [0.2, 0.25) is 0 Å². The number of nitrogens with zero attached hydrogens (tertiary/aromatic N) is 3. The van der Waals surface area contributed by atoms with Crippen LogP contribution in [0.4, 0.5) is 5.69 Å². The van der Waals surface area contributed by atoms with E-state index in [1.807, 2.05) is 23.7 Å². The third-order valence-electron chi connectivity index (χ3n) is 2.36. The molecule has 78 valence electrons. The highest BCUT2D eigenvalue weighted by atomic mass is 15.3. The molecular weight excluding hydrogens is 188 g/mol. The Balaban J connectivity index is 2.54. The molecule has 0 saturated carbocycles. The van der Waals surface area contributed by atoms with E-state index in [0.717, 1.165) is 23.5 Å². The molecule has 0 aliphatic carbocycles. The maximum Gasteiger partial charge on any atom is 0.0913 e. The van der Waals surface area contributed by atoms with E-state index >= 15 is 0 Å². The van der Waals surface area contributed by atoms with Gasteiger partial charge in [0.25, 0.3) is 0 Å². The third-order valence-corrected chi connectivity index (χ3v) is 2.36. The topological polar surface area (TPSA) is 56.7 Å². The fraction of sp³-hybridized carbons (Fsp3) is 0.273. The van der Waals surface area contributed by atoms with E-state index in [0.29, 0.717) is 5.69 Å². The molecule has 4 nitrogen and oxygen atoms in total. The van der Waals surface area contributed by atoms with Crippen molar-refractivity contribution in [2.24, 2.45) is 0 Å². The molecule has 0 bridgehead atoms. The maximum absolute atomic E-state index is 5.67. The van der Waals surface area contributed by atoms with E-state index in [1.54, 1.807) is 12.4 Å². The summed E-state index contributed by atoms with van der Waals surface area (Å²) < 4.78 is 1.92. The van der Waals surface area contributed by atoms with Crippen molar-refractivity contribution in [3.8, 4) is 11.4 Å². The molecule has 0 radical (unpaired) electrons. The number of aryl methyl sites for hydroxylation is 2. The minimum absolute atomic E-state index is 0.693. The minimum atomic E-state index is 0.693. The van der Waals surface area contributed by atoms with Gasteiger partial charge in [-0.2, -0.15) is 5.10 Å². The normalized spacial score (nSPS) is 10.5. The zero-order chi connectivity index (χ0) is 10.8. The molecule has 0 fully saturated rings. The Labute approximate surface area is 88.8 Å². The van der Waals surface area contributed by atoms with Crippen molar-refractivity contribution in [3.63, 3.8) is 0 Å². The van der Waals surface area contributed by atoms with Crippen molar-refractivity contribution >= 4 is 5.69 Å². The monoisotopic (exact) mass is 202 g/mol. The van der Waals surface area contributed by atoms with Gasteiger partial charge in [0.05, 0.1) is 23.3 Å². The number of pyridine rings is 1. The first-order valence-electron chi connectivity index (χ1n) is 4.96. The van der Waals surface area contributed by atoms with Gasteiger partial charge in [0.15, 0.2) is 0 Å². The van der Waals surface area contributed by atoms with Crippen molar-refractivity contribution in [1.29, 1.82) is 0 Å². The fourth-order valence-corrected chi connectivity index (χ4v) is 1.65. The molecule has 0 amide bonds. The molecule has 2 aromatic heterocycles. The van der Waals surface area contributed by atoms with Gasteiger partial charge in [-0.05, 0) is 31.5 Å². The summed E-state index contributed by atoms with van der Waals surface area (Å²) in [4.78, 5) is 4.34. The predicted molar refractivity (Wildman–Crippen MR) is 60.3 cm³/mol. The van der Waals surface area contributed by atoms with Crippen LogP contribution in [0.2, 0.25) is 0 Å². The van der Waals surface area contributed by atoms with E-state index in [-0.39, 0.29) is 0 Å². The summed E-state index contributed by atoms with van der Waals surface area (Å²) in [5.41, 5.74) is 9.42. The summed E-state index contributed by atoms with van der Waals surface area (Å²) in [5.74, 6) is 0. The van der Waals surface area contributed by atoms with Crippen LogP contribution in [0.25, 0.3) is 11.4 Å². The lowest BCUT2D eigenvalue weighted by Gasteiger charge is -2.07. The lowest BCUT2D eigenvalue weighted by Crippen LogP contribution is -2.01. The number of aromatic nitrogens is 3. The molecule has 0 aliphatic heterocycles.